The molecule has 0 fully saturated rings. The first-order valence-electron chi connectivity index (χ1n) is 6.82. The Hall–Kier alpha value is -1.55. The van der Waals surface area contributed by atoms with E-state index in [9.17, 15) is 4.79 Å². The van der Waals surface area contributed by atoms with Gasteiger partial charge >= 0.3 is 5.97 Å². The normalized spacial score (nSPS) is 14.6. The lowest BCUT2D eigenvalue weighted by molar-refractivity contribution is -0.141. The first-order chi connectivity index (χ1) is 9.25. The zero-order chi connectivity index (χ0) is 13.5. The Kier molecular flexibility index (Phi) is 5.21. The van der Waals surface area contributed by atoms with Crippen LogP contribution in [0.1, 0.15) is 31.7 Å². The summed E-state index contributed by atoms with van der Waals surface area (Å²) in [5.41, 5.74) is 1.26. The molecule has 0 saturated heterocycles. The molecule has 1 aromatic rings. The number of benzene rings is 1. The molecular formula is C15H21NO3. The lowest BCUT2D eigenvalue weighted by Crippen LogP contribution is -2.32. The Morgan fingerprint density at radius 3 is 3.00 bits per heavy atom. The topological polar surface area (TPSA) is 38.8 Å². The van der Waals surface area contributed by atoms with Gasteiger partial charge in [-0.2, -0.15) is 0 Å². The highest BCUT2D eigenvalue weighted by molar-refractivity contribution is 5.65. The van der Waals surface area contributed by atoms with Crippen LogP contribution in [0, 0.1) is 0 Å². The van der Waals surface area contributed by atoms with Crippen LogP contribution in [0.25, 0.3) is 0 Å². The van der Waals surface area contributed by atoms with Gasteiger partial charge in [0.2, 0.25) is 0 Å². The van der Waals surface area contributed by atoms with E-state index < -0.39 is 0 Å². The van der Waals surface area contributed by atoms with Crippen molar-refractivity contribution in [2.45, 2.75) is 32.7 Å². The van der Waals surface area contributed by atoms with Crippen molar-refractivity contribution in [1.29, 1.82) is 0 Å². The molecule has 4 heteroatoms. The molecule has 0 radical (unpaired) electrons. The van der Waals surface area contributed by atoms with Crippen molar-refractivity contribution in [2.24, 2.45) is 0 Å². The van der Waals surface area contributed by atoms with Crippen molar-refractivity contribution >= 4 is 5.97 Å². The summed E-state index contributed by atoms with van der Waals surface area (Å²) in [6, 6.07) is 8.18. The second kappa shape index (κ2) is 7.14. The summed E-state index contributed by atoms with van der Waals surface area (Å²) in [5.74, 6) is 0.814. The minimum atomic E-state index is -0.193. The highest BCUT2D eigenvalue weighted by atomic mass is 16.5. The van der Waals surface area contributed by atoms with Crippen LogP contribution < -0.4 is 4.74 Å². The standard InChI is InChI=1S/C15H21NO3/c1-13(17)18-10-6-2-5-9-16-11-14-7-3-4-8-15(14)19-12-16/h3-4,7-8H,2,5-6,9-12H2,1H3. The van der Waals surface area contributed by atoms with Gasteiger partial charge in [0.15, 0.2) is 0 Å². The van der Waals surface area contributed by atoms with Gasteiger partial charge in [0, 0.05) is 25.6 Å². The van der Waals surface area contributed by atoms with E-state index in [1.165, 1.54) is 12.5 Å². The summed E-state index contributed by atoms with van der Waals surface area (Å²) < 4.78 is 10.6. The van der Waals surface area contributed by atoms with Gasteiger partial charge in [-0.25, -0.2) is 0 Å². The number of fused-ring (bicyclic) bond motifs is 1. The highest BCUT2D eigenvalue weighted by Gasteiger charge is 2.15. The largest absolute Gasteiger partial charge is 0.478 e. The van der Waals surface area contributed by atoms with E-state index in [1.54, 1.807) is 0 Å². The summed E-state index contributed by atoms with van der Waals surface area (Å²) in [5, 5.41) is 0. The molecule has 0 N–H and O–H groups in total. The molecule has 0 aromatic heterocycles. The number of rotatable bonds is 6. The maximum absolute atomic E-state index is 10.6. The number of hydrogen-bond acceptors (Lipinski definition) is 4. The third-order valence-corrected chi connectivity index (χ3v) is 3.19. The number of para-hydroxylation sites is 1. The molecule has 1 heterocycles. The van der Waals surface area contributed by atoms with Crippen LogP contribution in [-0.2, 0) is 16.1 Å². The molecule has 1 aromatic carbocycles. The average molecular weight is 263 g/mol. The summed E-state index contributed by atoms with van der Waals surface area (Å²) in [6.45, 7) is 4.63. The van der Waals surface area contributed by atoms with Gasteiger partial charge in [0.1, 0.15) is 12.5 Å². The SMILES string of the molecule is CC(=O)OCCCCCN1COc2ccccc2C1. The quantitative estimate of drug-likeness (QED) is 0.584. The van der Waals surface area contributed by atoms with Crippen molar-refractivity contribution in [1.82, 2.24) is 4.90 Å². The van der Waals surface area contributed by atoms with Crippen LogP contribution in [0.2, 0.25) is 0 Å². The van der Waals surface area contributed by atoms with Gasteiger partial charge in [0.05, 0.1) is 6.61 Å². The smallest absolute Gasteiger partial charge is 0.302 e. The first-order valence-corrected chi connectivity index (χ1v) is 6.82. The van der Waals surface area contributed by atoms with Gasteiger partial charge in [-0.15, -0.1) is 0 Å². The molecule has 4 nitrogen and oxygen atoms in total. The molecule has 2 rings (SSSR count). The molecule has 1 aliphatic heterocycles. The average Bonchev–Trinajstić information content (AvgIpc) is 2.42. The summed E-state index contributed by atoms with van der Waals surface area (Å²) in [7, 11) is 0. The van der Waals surface area contributed by atoms with E-state index in [-0.39, 0.29) is 5.97 Å². The third-order valence-electron chi connectivity index (χ3n) is 3.19. The van der Waals surface area contributed by atoms with E-state index in [1.807, 2.05) is 18.2 Å². The molecule has 0 unspecified atom stereocenters. The number of unbranched alkanes of at least 4 members (excludes halogenated alkanes) is 2. The fourth-order valence-corrected chi connectivity index (χ4v) is 2.20. The maximum atomic E-state index is 10.6. The van der Waals surface area contributed by atoms with Crippen molar-refractivity contribution < 1.29 is 14.3 Å². The predicted octanol–water partition coefficient (Wildman–Crippen LogP) is 2.57. The molecule has 0 aliphatic carbocycles. The zero-order valence-electron chi connectivity index (χ0n) is 11.4. The van der Waals surface area contributed by atoms with E-state index >= 15 is 0 Å². The highest BCUT2D eigenvalue weighted by Crippen LogP contribution is 2.24. The van der Waals surface area contributed by atoms with E-state index in [4.69, 9.17) is 9.47 Å². The number of carbonyl (C=O) groups is 1. The fourth-order valence-electron chi connectivity index (χ4n) is 2.20. The van der Waals surface area contributed by atoms with Crippen LogP contribution in [0.15, 0.2) is 24.3 Å². The Balaban J connectivity index is 1.62. The van der Waals surface area contributed by atoms with Crippen molar-refractivity contribution in [2.75, 3.05) is 19.9 Å². The third kappa shape index (κ3) is 4.56. The molecular weight excluding hydrogens is 242 g/mol. The Morgan fingerprint density at radius 1 is 1.32 bits per heavy atom. The molecule has 0 amide bonds. The minimum absolute atomic E-state index is 0.193. The van der Waals surface area contributed by atoms with Crippen molar-refractivity contribution in [3.8, 4) is 5.75 Å². The van der Waals surface area contributed by atoms with E-state index in [0.717, 1.165) is 38.1 Å². The van der Waals surface area contributed by atoms with E-state index in [0.29, 0.717) is 13.3 Å². The molecule has 19 heavy (non-hydrogen) atoms. The van der Waals surface area contributed by atoms with Gasteiger partial charge in [-0.05, 0) is 25.3 Å². The molecule has 0 saturated carbocycles. The van der Waals surface area contributed by atoms with Crippen LogP contribution in [0.4, 0.5) is 0 Å². The van der Waals surface area contributed by atoms with Gasteiger partial charge in [0.25, 0.3) is 0 Å². The van der Waals surface area contributed by atoms with Crippen LogP contribution >= 0.6 is 0 Å². The Labute approximate surface area is 114 Å². The van der Waals surface area contributed by atoms with Gasteiger partial charge in [-0.3, -0.25) is 9.69 Å². The van der Waals surface area contributed by atoms with Crippen LogP contribution in [0.5, 0.6) is 5.75 Å². The first kappa shape index (κ1) is 13.9. The van der Waals surface area contributed by atoms with Gasteiger partial charge in [-0.1, -0.05) is 18.2 Å². The number of ether oxygens (including phenoxy) is 2. The number of carbonyl (C=O) groups excluding carboxylic acids is 1. The summed E-state index contributed by atoms with van der Waals surface area (Å²) in [4.78, 5) is 12.9. The van der Waals surface area contributed by atoms with Crippen LogP contribution in [-0.4, -0.2) is 30.8 Å². The summed E-state index contributed by atoms with van der Waals surface area (Å²) in [6.07, 6.45) is 3.11. The lowest BCUT2D eigenvalue weighted by Gasteiger charge is -2.28. The lowest BCUT2D eigenvalue weighted by atomic mass is 10.1. The number of nitrogens with zero attached hydrogens (tertiary/aromatic N) is 1. The summed E-state index contributed by atoms with van der Waals surface area (Å²) >= 11 is 0. The molecule has 1 aliphatic rings. The van der Waals surface area contributed by atoms with E-state index in [2.05, 4.69) is 11.0 Å². The van der Waals surface area contributed by atoms with Crippen molar-refractivity contribution in [3.05, 3.63) is 29.8 Å². The zero-order valence-corrected chi connectivity index (χ0v) is 11.4. The molecule has 0 bridgehead atoms. The molecule has 0 atom stereocenters. The second-order valence-corrected chi connectivity index (χ2v) is 4.83. The Bertz CT molecular complexity index is 420. The second-order valence-electron chi connectivity index (χ2n) is 4.83. The number of hydrogen-bond donors (Lipinski definition) is 0. The fraction of sp³-hybridized carbons (Fsp3) is 0.533. The Morgan fingerprint density at radius 2 is 2.16 bits per heavy atom. The number of esters is 1. The molecule has 0 spiro atoms. The minimum Gasteiger partial charge on any atom is -0.478 e. The van der Waals surface area contributed by atoms with Crippen molar-refractivity contribution in [3.63, 3.8) is 0 Å². The molecule has 104 valence electrons. The maximum Gasteiger partial charge on any atom is 0.302 e. The van der Waals surface area contributed by atoms with Crippen LogP contribution in [0.3, 0.4) is 0 Å². The predicted molar refractivity (Wildman–Crippen MR) is 72.8 cm³/mol. The van der Waals surface area contributed by atoms with Gasteiger partial charge < -0.3 is 9.47 Å². The monoisotopic (exact) mass is 263 g/mol.